The first-order valence-corrected chi connectivity index (χ1v) is 5.80. The number of nitrogens with two attached hydrogens (primary N) is 1. The molecule has 0 aliphatic heterocycles. The van der Waals surface area contributed by atoms with Crippen LogP contribution in [-0.2, 0) is 14.4 Å². The molecule has 0 spiro atoms. The Morgan fingerprint density at radius 2 is 1.95 bits per heavy atom. The summed E-state index contributed by atoms with van der Waals surface area (Å²) >= 11 is 0. The standard InChI is InChI=1S/C14H12N2O4/c1-8-2-3-12(18)10(6-8)16-14(13(19)20)5-4-11(17)9(15)7-14/h2-7H,15H2,1H3,(H,19,20). The van der Waals surface area contributed by atoms with E-state index >= 15 is 0 Å². The zero-order valence-corrected chi connectivity index (χ0v) is 10.7. The number of nitrogens with zero attached hydrogens (tertiary/aromatic N) is 1. The van der Waals surface area contributed by atoms with Crippen LogP contribution in [0.5, 0.6) is 0 Å². The Hall–Kier alpha value is -2.76. The van der Waals surface area contributed by atoms with Crippen molar-refractivity contribution in [1.82, 2.24) is 0 Å². The minimum atomic E-state index is -1.83. The van der Waals surface area contributed by atoms with Gasteiger partial charge in [-0.1, -0.05) is 6.08 Å². The number of aliphatic imine (C=N–C) groups is 1. The van der Waals surface area contributed by atoms with Crippen molar-refractivity contribution in [1.29, 1.82) is 0 Å². The lowest BCUT2D eigenvalue weighted by atomic mass is 9.91. The van der Waals surface area contributed by atoms with Crippen LogP contribution in [0.4, 0.5) is 0 Å². The van der Waals surface area contributed by atoms with E-state index in [0.29, 0.717) is 0 Å². The van der Waals surface area contributed by atoms with Gasteiger partial charge in [0.05, 0.1) is 5.70 Å². The molecule has 0 fully saturated rings. The van der Waals surface area contributed by atoms with Gasteiger partial charge in [0.2, 0.25) is 11.6 Å². The molecule has 0 heterocycles. The molecular weight excluding hydrogens is 260 g/mol. The van der Waals surface area contributed by atoms with Crippen LogP contribution in [0.25, 0.3) is 0 Å². The molecule has 20 heavy (non-hydrogen) atoms. The molecule has 102 valence electrons. The van der Waals surface area contributed by atoms with E-state index in [0.717, 1.165) is 23.8 Å². The predicted molar refractivity (Wildman–Crippen MR) is 72.1 cm³/mol. The Labute approximate surface area is 114 Å². The number of carbonyl (C=O) groups excluding carboxylic acids is 2. The van der Waals surface area contributed by atoms with Crippen molar-refractivity contribution in [2.75, 3.05) is 0 Å². The molecule has 0 radical (unpaired) electrons. The summed E-state index contributed by atoms with van der Waals surface area (Å²) in [5.41, 5.74) is 4.22. The number of aliphatic carboxylic acids is 1. The van der Waals surface area contributed by atoms with Crippen LogP contribution in [0.15, 0.2) is 52.7 Å². The first-order valence-electron chi connectivity index (χ1n) is 5.80. The number of ketones is 2. The summed E-state index contributed by atoms with van der Waals surface area (Å²) in [4.78, 5) is 38.5. The third-order valence-electron chi connectivity index (χ3n) is 2.91. The minimum absolute atomic E-state index is 0.00967. The summed E-state index contributed by atoms with van der Waals surface area (Å²) in [5.74, 6) is -2.19. The topological polar surface area (TPSA) is 110 Å². The SMILES string of the molecule is CC1=CC(=NC2(C(=O)O)C=CC(=O)C(N)=C2)C(=O)C=C1. The molecule has 1 atom stereocenters. The zero-order valence-electron chi connectivity index (χ0n) is 10.7. The fraction of sp³-hybridized carbons (Fsp3) is 0.143. The molecule has 2 aliphatic carbocycles. The van der Waals surface area contributed by atoms with Crippen molar-refractivity contribution < 1.29 is 19.5 Å². The lowest BCUT2D eigenvalue weighted by molar-refractivity contribution is -0.139. The van der Waals surface area contributed by atoms with E-state index in [4.69, 9.17) is 5.73 Å². The summed E-state index contributed by atoms with van der Waals surface area (Å²) < 4.78 is 0. The third-order valence-corrected chi connectivity index (χ3v) is 2.91. The van der Waals surface area contributed by atoms with E-state index in [2.05, 4.69) is 4.99 Å². The fourth-order valence-electron chi connectivity index (χ4n) is 1.82. The number of hydrogen-bond acceptors (Lipinski definition) is 5. The second-order valence-electron chi connectivity index (χ2n) is 4.51. The van der Waals surface area contributed by atoms with Crippen LogP contribution >= 0.6 is 0 Å². The van der Waals surface area contributed by atoms with Crippen molar-refractivity contribution in [3.8, 4) is 0 Å². The van der Waals surface area contributed by atoms with Crippen molar-refractivity contribution >= 4 is 23.2 Å². The highest BCUT2D eigenvalue weighted by molar-refractivity contribution is 6.49. The van der Waals surface area contributed by atoms with Crippen molar-refractivity contribution in [3.63, 3.8) is 0 Å². The van der Waals surface area contributed by atoms with Crippen LogP contribution in [0, 0.1) is 0 Å². The average Bonchev–Trinajstić information content (AvgIpc) is 2.38. The number of carboxylic acids is 1. The molecule has 0 aromatic carbocycles. The number of carbonyl (C=O) groups is 3. The van der Waals surface area contributed by atoms with Crippen molar-refractivity contribution in [2.45, 2.75) is 12.5 Å². The average molecular weight is 272 g/mol. The Bertz CT molecular complexity index is 665. The first kappa shape index (κ1) is 13.7. The first-order chi connectivity index (χ1) is 9.34. The quantitative estimate of drug-likeness (QED) is 0.703. The van der Waals surface area contributed by atoms with Crippen molar-refractivity contribution in [3.05, 3.63) is 47.7 Å². The van der Waals surface area contributed by atoms with Gasteiger partial charge in [-0.25, -0.2) is 4.79 Å². The van der Waals surface area contributed by atoms with Crippen LogP contribution in [0.2, 0.25) is 0 Å². The van der Waals surface area contributed by atoms with Crippen LogP contribution in [0.1, 0.15) is 6.92 Å². The lowest BCUT2D eigenvalue weighted by Crippen LogP contribution is -2.38. The highest BCUT2D eigenvalue weighted by Gasteiger charge is 2.37. The molecule has 0 amide bonds. The molecule has 1 unspecified atom stereocenters. The normalized spacial score (nSPS) is 27.6. The summed E-state index contributed by atoms with van der Waals surface area (Å²) in [6.07, 6.45) is 7.62. The van der Waals surface area contributed by atoms with Crippen LogP contribution in [0.3, 0.4) is 0 Å². The Kier molecular flexibility index (Phi) is 3.23. The van der Waals surface area contributed by atoms with Gasteiger partial charge in [0, 0.05) is 0 Å². The summed E-state index contributed by atoms with van der Waals surface area (Å²) in [7, 11) is 0. The minimum Gasteiger partial charge on any atom is -0.479 e. The van der Waals surface area contributed by atoms with Gasteiger partial charge in [-0.05, 0) is 42.9 Å². The molecule has 6 heteroatoms. The van der Waals surface area contributed by atoms with Gasteiger partial charge in [-0.15, -0.1) is 0 Å². The number of allylic oxidation sites excluding steroid dienone is 5. The van der Waals surface area contributed by atoms with E-state index in [-0.39, 0.29) is 11.4 Å². The van der Waals surface area contributed by atoms with E-state index < -0.39 is 23.1 Å². The van der Waals surface area contributed by atoms with Gasteiger partial charge in [0.15, 0.2) is 5.54 Å². The molecule has 2 aliphatic rings. The van der Waals surface area contributed by atoms with E-state index in [1.807, 2.05) is 0 Å². The molecule has 0 saturated heterocycles. The monoisotopic (exact) mass is 272 g/mol. The number of carboxylic acid groups (broad SMARTS) is 1. The summed E-state index contributed by atoms with van der Waals surface area (Å²) in [5, 5.41) is 9.36. The van der Waals surface area contributed by atoms with Crippen LogP contribution < -0.4 is 5.73 Å². The van der Waals surface area contributed by atoms with Crippen molar-refractivity contribution in [2.24, 2.45) is 10.7 Å². The highest BCUT2D eigenvalue weighted by atomic mass is 16.4. The molecular formula is C14H12N2O4. The van der Waals surface area contributed by atoms with E-state index in [1.165, 1.54) is 12.2 Å². The van der Waals surface area contributed by atoms with Gasteiger partial charge in [-0.2, -0.15) is 0 Å². The van der Waals surface area contributed by atoms with Crippen LogP contribution in [-0.4, -0.2) is 33.9 Å². The molecule has 0 aromatic rings. The Balaban J connectivity index is 2.55. The third kappa shape index (κ3) is 2.35. The molecule has 0 bridgehead atoms. The maximum Gasteiger partial charge on any atom is 0.339 e. The molecule has 6 nitrogen and oxygen atoms in total. The van der Waals surface area contributed by atoms with E-state index in [9.17, 15) is 19.5 Å². The second kappa shape index (κ2) is 4.73. The molecule has 2 rings (SSSR count). The predicted octanol–water partition coefficient (Wildman–Crippen LogP) is 0.318. The largest absolute Gasteiger partial charge is 0.479 e. The lowest BCUT2D eigenvalue weighted by Gasteiger charge is -2.22. The molecule has 0 saturated carbocycles. The fourth-order valence-corrected chi connectivity index (χ4v) is 1.82. The summed E-state index contributed by atoms with van der Waals surface area (Å²) in [6, 6.07) is 0. The molecule has 3 N–H and O–H groups in total. The highest BCUT2D eigenvalue weighted by Crippen LogP contribution is 2.23. The van der Waals surface area contributed by atoms with Gasteiger partial charge in [0.1, 0.15) is 5.71 Å². The van der Waals surface area contributed by atoms with E-state index in [1.54, 1.807) is 13.0 Å². The smallest absolute Gasteiger partial charge is 0.339 e. The van der Waals surface area contributed by atoms with Gasteiger partial charge < -0.3 is 10.8 Å². The second-order valence-corrected chi connectivity index (χ2v) is 4.51. The Morgan fingerprint density at radius 1 is 1.25 bits per heavy atom. The Morgan fingerprint density at radius 3 is 2.55 bits per heavy atom. The maximum atomic E-state index is 11.7. The molecule has 0 aromatic heterocycles. The van der Waals surface area contributed by atoms with Gasteiger partial charge >= 0.3 is 5.97 Å². The number of hydrogen-bond donors (Lipinski definition) is 2. The maximum absolute atomic E-state index is 11.7. The van der Waals surface area contributed by atoms with Gasteiger partial charge in [0.25, 0.3) is 0 Å². The summed E-state index contributed by atoms with van der Waals surface area (Å²) in [6.45, 7) is 1.76. The zero-order chi connectivity index (χ0) is 14.9. The number of rotatable bonds is 2. The van der Waals surface area contributed by atoms with Gasteiger partial charge in [-0.3, -0.25) is 14.6 Å².